The van der Waals surface area contributed by atoms with E-state index in [9.17, 15) is 0 Å². The summed E-state index contributed by atoms with van der Waals surface area (Å²) in [6.45, 7) is 1.39. The standard InChI is InChI=1S/C14H26O4S/c1-15-13-10-6-4-3-5-7-17-8-11(14(13)16-2)18-12(10)9-19/h10-14,19H,3-9H2,1-2H3. The van der Waals surface area contributed by atoms with Crippen LogP contribution in [0.5, 0.6) is 0 Å². The van der Waals surface area contributed by atoms with Crippen molar-refractivity contribution in [1.29, 1.82) is 0 Å². The van der Waals surface area contributed by atoms with Gasteiger partial charge in [0.15, 0.2) is 0 Å². The number of fused-ring (bicyclic) bond motifs is 8. The van der Waals surface area contributed by atoms with Crippen molar-refractivity contribution >= 4 is 12.6 Å². The lowest BCUT2D eigenvalue weighted by atomic mass is 9.83. The van der Waals surface area contributed by atoms with E-state index in [4.69, 9.17) is 18.9 Å². The maximum absolute atomic E-state index is 6.16. The Morgan fingerprint density at radius 1 is 1.11 bits per heavy atom. The molecular formula is C14H26O4S. The predicted octanol–water partition coefficient (Wildman–Crippen LogP) is 1.92. The van der Waals surface area contributed by atoms with Crippen LogP contribution in [0, 0.1) is 5.92 Å². The predicted molar refractivity (Wildman–Crippen MR) is 76.9 cm³/mol. The molecule has 2 bridgehead atoms. The van der Waals surface area contributed by atoms with E-state index in [2.05, 4.69) is 12.6 Å². The number of hydrogen-bond acceptors (Lipinski definition) is 5. The summed E-state index contributed by atoms with van der Waals surface area (Å²) in [4.78, 5) is 0. The maximum atomic E-state index is 6.16. The quantitative estimate of drug-likeness (QED) is 0.806. The first-order valence-corrected chi connectivity index (χ1v) is 7.84. The van der Waals surface area contributed by atoms with E-state index >= 15 is 0 Å². The molecule has 5 unspecified atom stereocenters. The molecule has 3 saturated heterocycles. The molecule has 0 spiro atoms. The zero-order valence-corrected chi connectivity index (χ0v) is 12.8. The molecular weight excluding hydrogens is 264 g/mol. The molecule has 3 heterocycles. The van der Waals surface area contributed by atoms with Crippen LogP contribution < -0.4 is 0 Å². The van der Waals surface area contributed by atoms with Gasteiger partial charge in [0.25, 0.3) is 0 Å². The largest absolute Gasteiger partial charge is 0.379 e. The summed E-state index contributed by atoms with van der Waals surface area (Å²) in [6, 6.07) is 0. The number of rotatable bonds is 3. The zero-order chi connectivity index (χ0) is 13.7. The summed E-state index contributed by atoms with van der Waals surface area (Å²) in [5.41, 5.74) is 0. The Balaban J connectivity index is 2.19. The Labute approximate surface area is 121 Å². The lowest BCUT2D eigenvalue weighted by molar-refractivity contribution is -0.222. The fourth-order valence-corrected chi connectivity index (χ4v) is 3.64. The highest BCUT2D eigenvalue weighted by Gasteiger charge is 2.45. The number of thiol groups is 1. The van der Waals surface area contributed by atoms with Crippen LogP contribution in [-0.4, -0.2) is 57.6 Å². The van der Waals surface area contributed by atoms with Crippen LogP contribution >= 0.6 is 12.6 Å². The highest BCUT2D eigenvalue weighted by Crippen LogP contribution is 2.34. The van der Waals surface area contributed by atoms with Gasteiger partial charge in [-0.1, -0.05) is 12.8 Å². The van der Waals surface area contributed by atoms with Gasteiger partial charge in [-0.3, -0.25) is 0 Å². The third-order valence-electron chi connectivity index (χ3n) is 4.27. The second-order valence-corrected chi connectivity index (χ2v) is 5.75. The highest BCUT2D eigenvalue weighted by molar-refractivity contribution is 7.80. The van der Waals surface area contributed by atoms with Crippen molar-refractivity contribution in [2.75, 3.05) is 33.2 Å². The molecule has 3 fully saturated rings. The summed E-state index contributed by atoms with van der Waals surface area (Å²) in [7, 11) is 3.49. The first-order valence-electron chi connectivity index (χ1n) is 7.21. The van der Waals surface area contributed by atoms with Crippen LogP contribution in [-0.2, 0) is 18.9 Å². The van der Waals surface area contributed by atoms with E-state index in [0.717, 1.165) is 25.2 Å². The van der Waals surface area contributed by atoms with Crippen LogP contribution in [0.25, 0.3) is 0 Å². The van der Waals surface area contributed by atoms with Gasteiger partial charge in [-0.15, -0.1) is 0 Å². The van der Waals surface area contributed by atoms with Crippen molar-refractivity contribution in [1.82, 2.24) is 0 Å². The molecule has 3 aliphatic rings. The first kappa shape index (κ1) is 15.6. The maximum Gasteiger partial charge on any atom is 0.112 e. The number of ether oxygens (including phenoxy) is 4. The van der Waals surface area contributed by atoms with Crippen molar-refractivity contribution in [3.63, 3.8) is 0 Å². The minimum absolute atomic E-state index is 0.0516. The smallest absolute Gasteiger partial charge is 0.112 e. The van der Waals surface area contributed by atoms with Gasteiger partial charge in [0, 0.05) is 32.5 Å². The molecule has 0 aromatic carbocycles. The Bertz CT molecular complexity index is 264. The van der Waals surface area contributed by atoms with Gasteiger partial charge in [0.05, 0.1) is 18.8 Å². The molecule has 0 amide bonds. The molecule has 0 saturated carbocycles. The van der Waals surface area contributed by atoms with E-state index in [-0.39, 0.29) is 24.4 Å². The highest BCUT2D eigenvalue weighted by atomic mass is 32.1. The molecule has 3 aliphatic heterocycles. The van der Waals surface area contributed by atoms with Gasteiger partial charge in [-0.2, -0.15) is 12.6 Å². The molecule has 5 atom stereocenters. The number of hydrogen-bond donors (Lipinski definition) is 1. The van der Waals surface area contributed by atoms with Crippen LogP contribution in [0.1, 0.15) is 25.7 Å². The summed E-state index contributed by atoms with van der Waals surface area (Å²) < 4.78 is 23.3. The third kappa shape index (κ3) is 3.64. The van der Waals surface area contributed by atoms with Gasteiger partial charge < -0.3 is 18.9 Å². The van der Waals surface area contributed by atoms with Gasteiger partial charge >= 0.3 is 0 Å². The van der Waals surface area contributed by atoms with Crippen LogP contribution in [0.3, 0.4) is 0 Å². The molecule has 0 N–H and O–H groups in total. The zero-order valence-electron chi connectivity index (χ0n) is 11.9. The van der Waals surface area contributed by atoms with E-state index in [1.54, 1.807) is 14.2 Å². The molecule has 0 radical (unpaired) electrons. The molecule has 112 valence electrons. The van der Waals surface area contributed by atoms with Crippen LogP contribution in [0.15, 0.2) is 0 Å². The Kier molecular flexibility index (Phi) is 6.42. The first-order chi connectivity index (χ1) is 9.31. The van der Waals surface area contributed by atoms with Crippen molar-refractivity contribution in [3.8, 4) is 0 Å². The molecule has 0 aromatic heterocycles. The van der Waals surface area contributed by atoms with E-state index < -0.39 is 0 Å². The molecule has 0 aliphatic carbocycles. The minimum atomic E-state index is -0.0542. The fourth-order valence-electron chi connectivity index (χ4n) is 3.29. The fraction of sp³-hybridized carbons (Fsp3) is 1.00. The number of methoxy groups -OCH3 is 2. The van der Waals surface area contributed by atoms with Crippen molar-refractivity contribution in [2.24, 2.45) is 5.92 Å². The second-order valence-electron chi connectivity index (χ2n) is 5.38. The third-order valence-corrected chi connectivity index (χ3v) is 4.63. The van der Waals surface area contributed by atoms with Crippen molar-refractivity contribution in [3.05, 3.63) is 0 Å². The normalized spacial score (nSPS) is 40.9. The summed E-state index contributed by atoms with van der Waals surface area (Å²) in [6.07, 6.45) is 4.72. The Morgan fingerprint density at radius 3 is 2.58 bits per heavy atom. The minimum Gasteiger partial charge on any atom is -0.379 e. The van der Waals surface area contributed by atoms with Crippen molar-refractivity contribution < 1.29 is 18.9 Å². The molecule has 3 rings (SSSR count). The molecule has 5 heteroatoms. The van der Waals surface area contributed by atoms with Gasteiger partial charge in [0.1, 0.15) is 12.2 Å². The van der Waals surface area contributed by atoms with E-state index in [0.29, 0.717) is 12.5 Å². The monoisotopic (exact) mass is 290 g/mol. The Hall–Kier alpha value is 0.190. The Morgan fingerprint density at radius 2 is 1.89 bits per heavy atom. The average molecular weight is 290 g/mol. The van der Waals surface area contributed by atoms with Crippen LogP contribution in [0.4, 0.5) is 0 Å². The van der Waals surface area contributed by atoms with Gasteiger partial charge in [-0.25, -0.2) is 0 Å². The summed E-state index contributed by atoms with van der Waals surface area (Å²) in [5.74, 6) is 1.08. The average Bonchev–Trinajstić information content (AvgIpc) is 2.51. The summed E-state index contributed by atoms with van der Waals surface area (Å²) >= 11 is 4.45. The van der Waals surface area contributed by atoms with Crippen molar-refractivity contribution in [2.45, 2.75) is 50.1 Å². The summed E-state index contributed by atoms with van der Waals surface area (Å²) in [5, 5.41) is 0. The lowest BCUT2D eigenvalue weighted by Gasteiger charge is -2.45. The molecule has 19 heavy (non-hydrogen) atoms. The van der Waals surface area contributed by atoms with E-state index in [1.165, 1.54) is 12.8 Å². The molecule has 0 aromatic rings. The topological polar surface area (TPSA) is 36.9 Å². The second kappa shape index (κ2) is 7.84. The molecule has 4 nitrogen and oxygen atoms in total. The van der Waals surface area contributed by atoms with Gasteiger partial charge in [0.2, 0.25) is 0 Å². The van der Waals surface area contributed by atoms with Crippen LogP contribution in [0.2, 0.25) is 0 Å². The SMILES string of the molecule is COC1C2COCCCCCC(C(CS)O2)C1OC. The van der Waals surface area contributed by atoms with Gasteiger partial charge in [-0.05, 0) is 12.8 Å². The van der Waals surface area contributed by atoms with E-state index in [1.807, 2.05) is 0 Å². The lowest BCUT2D eigenvalue weighted by Crippen LogP contribution is -2.57.